The minimum absolute atomic E-state index is 0.0298. The molecule has 0 aromatic rings. The van der Waals surface area contributed by atoms with Gasteiger partial charge in [0.15, 0.2) is 0 Å². The molecular weight excluding hydrogens is 286 g/mol. The van der Waals surface area contributed by atoms with E-state index in [0.29, 0.717) is 12.3 Å². The Bertz CT molecular complexity index is 341. The van der Waals surface area contributed by atoms with Crippen LogP contribution < -0.4 is 5.32 Å². The molecular formula is C20H37NO2. The van der Waals surface area contributed by atoms with E-state index in [2.05, 4.69) is 19.2 Å². The Labute approximate surface area is 143 Å². The minimum atomic E-state index is -0.366. The Hall–Kier alpha value is -0.860. The zero-order valence-corrected chi connectivity index (χ0v) is 15.4. The van der Waals surface area contributed by atoms with Crippen molar-refractivity contribution in [3.8, 4) is 0 Å². The number of rotatable bonds is 12. The van der Waals surface area contributed by atoms with Crippen LogP contribution in [0.1, 0.15) is 97.3 Å². The lowest BCUT2D eigenvalue weighted by atomic mass is 9.81. The van der Waals surface area contributed by atoms with Crippen molar-refractivity contribution >= 4 is 11.7 Å². The summed E-state index contributed by atoms with van der Waals surface area (Å²) in [5.74, 6) is 0.199. The molecule has 1 saturated carbocycles. The van der Waals surface area contributed by atoms with Gasteiger partial charge in [0.2, 0.25) is 5.91 Å². The fraction of sp³-hybridized carbons (Fsp3) is 0.900. The number of nitrogens with one attached hydrogen (secondary N) is 1. The molecule has 2 atom stereocenters. The molecule has 134 valence electrons. The first-order chi connectivity index (χ1) is 11.1. The molecule has 3 heteroatoms. The van der Waals surface area contributed by atoms with Crippen LogP contribution in [0.15, 0.2) is 0 Å². The standard InChI is InChI=1S/C20H37NO2/c1-3-4-5-6-7-8-9-10-11-12-15-21-20(23)18-14-13-17(2)16-19(18)22/h17-18H,3-16H2,1-2H3,(H,21,23). The van der Waals surface area contributed by atoms with Gasteiger partial charge in [-0.3, -0.25) is 9.59 Å². The van der Waals surface area contributed by atoms with Gasteiger partial charge in [0.1, 0.15) is 5.78 Å². The SMILES string of the molecule is CCCCCCCCCCCCNC(=O)C1CCC(C)CC1=O. The molecule has 1 rings (SSSR count). The van der Waals surface area contributed by atoms with Crippen LogP contribution in [0.25, 0.3) is 0 Å². The summed E-state index contributed by atoms with van der Waals surface area (Å²) in [6, 6.07) is 0. The van der Waals surface area contributed by atoms with Crippen LogP contribution in [0.5, 0.6) is 0 Å². The molecule has 1 aliphatic rings. The smallest absolute Gasteiger partial charge is 0.230 e. The predicted octanol–water partition coefficient (Wildman–Crippen LogP) is 5.03. The third-order valence-electron chi connectivity index (χ3n) is 5.03. The highest BCUT2D eigenvalue weighted by molar-refractivity contribution is 6.01. The largest absolute Gasteiger partial charge is 0.355 e. The van der Waals surface area contributed by atoms with Crippen molar-refractivity contribution in [2.45, 2.75) is 97.3 Å². The number of hydrogen-bond donors (Lipinski definition) is 1. The lowest BCUT2D eigenvalue weighted by Gasteiger charge is -2.24. The summed E-state index contributed by atoms with van der Waals surface area (Å²) >= 11 is 0. The van der Waals surface area contributed by atoms with Crippen LogP contribution in [-0.4, -0.2) is 18.2 Å². The molecule has 1 fully saturated rings. The van der Waals surface area contributed by atoms with Crippen LogP contribution in [0, 0.1) is 11.8 Å². The molecule has 0 saturated heterocycles. The monoisotopic (exact) mass is 323 g/mol. The number of amides is 1. The van der Waals surface area contributed by atoms with E-state index in [1.807, 2.05) is 0 Å². The zero-order chi connectivity index (χ0) is 16.9. The molecule has 0 aromatic heterocycles. The Morgan fingerprint density at radius 3 is 2.09 bits per heavy atom. The van der Waals surface area contributed by atoms with E-state index < -0.39 is 0 Å². The van der Waals surface area contributed by atoms with E-state index >= 15 is 0 Å². The van der Waals surface area contributed by atoms with E-state index in [9.17, 15) is 9.59 Å². The third-order valence-corrected chi connectivity index (χ3v) is 5.03. The Kier molecular flexibility index (Phi) is 11.0. The first-order valence-corrected chi connectivity index (χ1v) is 9.95. The van der Waals surface area contributed by atoms with E-state index in [1.54, 1.807) is 0 Å². The normalized spacial score (nSPS) is 21.4. The number of ketones is 1. The molecule has 0 aromatic carbocycles. The Morgan fingerprint density at radius 2 is 1.52 bits per heavy atom. The van der Waals surface area contributed by atoms with Gasteiger partial charge in [-0.05, 0) is 25.2 Å². The van der Waals surface area contributed by atoms with Gasteiger partial charge < -0.3 is 5.32 Å². The second-order valence-electron chi connectivity index (χ2n) is 7.38. The average molecular weight is 324 g/mol. The minimum Gasteiger partial charge on any atom is -0.355 e. The van der Waals surface area contributed by atoms with E-state index in [1.165, 1.54) is 57.8 Å². The van der Waals surface area contributed by atoms with Crippen molar-refractivity contribution in [3.63, 3.8) is 0 Å². The van der Waals surface area contributed by atoms with Gasteiger partial charge in [0, 0.05) is 13.0 Å². The van der Waals surface area contributed by atoms with Gasteiger partial charge in [-0.15, -0.1) is 0 Å². The van der Waals surface area contributed by atoms with Crippen molar-refractivity contribution in [1.29, 1.82) is 0 Å². The van der Waals surface area contributed by atoms with Crippen molar-refractivity contribution in [2.75, 3.05) is 6.54 Å². The third kappa shape index (κ3) is 9.12. The number of carbonyl (C=O) groups is 2. The van der Waals surface area contributed by atoms with Crippen molar-refractivity contribution < 1.29 is 9.59 Å². The number of carbonyl (C=O) groups excluding carboxylic acids is 2. The van der Waals surface area contributed by atoms with Crippen LogP contribution in [-0.2, 0) is 9.59 Å². The predicted molar refractivity (Wildman–Crippen MR) is 96.4 cm³/mol. The van der Waals surface area contributed by atoms with Gasteiger partial charge in [-0.2, -0.15) is 0 Å². The summed E-state index contributed by atoms with van der Waals surface area (Å²) in [6.45, 7) is 5.08. The topological polar surface area (TPSA) is 46.2 Å². The maximum absolute atomic E-state index is 12.0. The van der Waals surface area contributed by atoms with E-state index in [4.69, 9.17) is 0 Å². The fourth-order valence-corrected chi connectivity index (χ4v) is 3.42. The van der Waals surface area contributed by atoms with Crippen LogP contribution >= 0.6 is 0 Å². The summed E-state index contributed by atoms with van der Waals surface area (Å²) in [7, 11) is 0. The molecule has 1 amide bonds. The van der Waals surface area contributed by atoms with Gasteiger partial charge in [0.05, 0.1) is 5.92 Å². The highest BCUT2D eigenvalue weighted by atomic mass is 16.2. The second kappa shape index (κ2) is 12.5. The molecule has 0 bridgehead atoms. The Balaban J connectivity index is 1.92. The number of Topliss-reactive ketones (excluding diaryl/α,β-unsaturated/α-hetero) is 1. The summed E-state index contributed by atoms with van der Waals surface area (Å²) in [4.78, 5) is 23.9. The molecule has 3 nitrogen and oxygen atoms in total. The van der Waals surface area contributed by atoms with Crippen molar-refractivity contribution in [2.24, 2.45) is 11.8 Å². The highest BCUT2D eigenvalue weighted by Crippen LogP contribution is 2.25. The molecule has 23 heavy (non-hydrogen) atoms. The molecule has 0 heterocycles. The maximum Gasteiger partial charge on any atom is 0.230 e. The van der Waals surface area contributed by atoms with Gasteiger partial charge in [0.25, 0.3) is 0 Å². The van der Waals surface area contributed by atoms with Gasteiger partial charge in [-0.1, -0.05) is 71.6 Å². The van der Waals surface area contributed by atoms with Crippen LogP contribution in [0.4, 0.5) is 0 Å². The van der Waals surface area contributed by atoms with Crippen LogP contribution in [0.2, 0.25) is 0 Å². The molecule has 2 unspecified atom stereocenters. The molecule has 0 aliphatic heterocycles. The summed E-state index contributed by atoms with van der Waals surface area (Å²) in [5.41, 5.74) is 0. The Morgan fingerprint density at radius 1 is 0.957 bits per heavy atom. The number of hydrogen-bond acceptors (Lipinski definition) is 2. The van der Waals surface area contributed by atoms with Crippen molar-refractivity contribution in [3.05, 3.63) is 0 Å². The molecule has 1 aliphatic carbocycles. The number of unbranched alkanes of at least 4 members (excludes halogenated alkanes) is 9. The molecule has 1 N–H and O–H groups in total. The zero-order valence-electron chi connectivity index (χ0n) is 15.4. The lowest BCUT2D eigenvalue weighted by molar-refractivity contribution is -0.136. The summed E-state index contributed by atoms with van der Waals surface area (Å²) in [6.07, 6.45) is 15.3. The fourth-order valence-electron chi connectivity index (χ4n) is 3.42. The van der Waals surface area contributed by atoms with E-state index in [0.717, 1.165) is 25.8 Å². The molecule has 0 radical (unpaired) electrons. The highest BCUT2D eigenvalue weighted by Gasteiger charge is 2.31. The van der Waals surface area contributed by atoms with Crippen LogP contribution in [0.3, 0.4) is 0 Å². The van der Waals surface area contributed by atoms with Gasteiger partial charge >= 0.3 is 0 Å². The average Bonchev–Trinajstić information content (AvgIpc) is 2.52. The van der Waals surface area contributed by atoms with Crippen molar-refractivity contribution in [1.82, 2.24) is 5.32 Å². The summed E-state index contributed by atoms with van der Waals surface area (Å²) in [5, 5.41) is 2.96. The first-order valence-electron chi connectivity index (χ1n) is 9.95. The quantitative estimate of drug-likeness (QED) is 0.404. The molecule has 0 spiro atoms. The lowest BCUT2D eigenvalue weighted by Crippen LogP contribution is -2.38. The van der Waals surface area contributed by atoms with E-state index in [-0.39, 0.29) is 17.6 Å². The maximum atomic E-state index is 12.0. The second-order valence-corrected chi connectivity index (χ2v) is 7.38. The van der Waals surface area contributed by atoms with Gasteiger partial charge in [-0.25, -0.2) is 0 Å². The summed E-state index contributed by atoms with van der Waals surface area (Å²) < 4.78 is 0. The first kappa shape index (κ1) is 20.2.